The minimum absolute atomic E-state index is 0.126. The van der Waals surface area contributed by atoms with E-state index >= 15 is 0 Å². The van der Waals surface area contributed by atoms with E-state index in [0.29, 0.717) is 30.4 Å². The number of ether oxygens (including phenoxy) is 2. The van der Waals surface area contributed by atoms with Crippen LogP contribution in [-0.2, 0) is 0 Å². The van der Waals surface area contributed by atoms with E-state index in [0.717, 1.165) is 17.7 Å². The van der Waals surface area contributed by atoms with Gasteiger partial charge in [0, 0.05) is 23.9 Å². The van der Waals surface area contributed by atoms with Crippen molar-refractivity contribution in [2.75, 3.05) is 25.1 Å². The van der Waals surface area contributed by atoms with Gasteiger partial charge in [-0.05, 0) is 43.2 Å². The van der Waals surface area contributed by atoms with Gasteiger partial charge < -0.3 is 14.8 Å². The fraction of sp³-hybridized carbons (Fsp3) is 0.292. The summed E-state index contributed by atoms with van der Waals surface area (Å²) in [6, 6.07) is 9.69. The van der Waals surface area contributed by atoms with Gasteiger partial charge in [0.2, 0.25) is 0 Å². The highest BCUT2D eigenvalue weighted by Crippen LogP contribution is 2.31. The zero-order valence-electron chi connectivity index (χ0n) is 17.8. The lowest BCUT2D eigenvalue weighted by atomic mass is 10.1. The van der Waals surface area contributed by atoms with Gasteiger partial charge >= 0.3 is 0 Å². The van der Waals surface area contributed by atoms with Crippen molar-refractivity contribution in [3.63, 3.8) is 0 Å². The molecule has 2 aromatic rings. The Hall–Kier alpha value is -3.61. The molecule has 162 valence electrons. The maximum atomic E-state index is 12.8. The third-order valence-corrected chi connectivity index (χ3v) is 4.67. The molecule has 7 heteroatoms. The van der Waals surface area contributed by atoms with Gasteiger partial charge in [0.1, 0.15) is 0 Å². The van der Waals surface area contributed by atoms with Crippen LogP contribution in [0.2, 0.25) is 0 Å². The first-order chi connectivity index (χ1) is 15.0. The number of rotatable bonds is 10. The van der Waals surface area contributed by atoms with Crippen LogP contribution in [0.25, 0.3) is 0 Å². The lowest BCUT2D eigenvalue weighted by Gasteiger charge is -2.14. The van der Waals surface area contributed by atoms with E-state index in [2.05, 4.69) is 11.9 Å². The number of nitrogens with zero attached hydrogens (tertiary/aromatic N) is 1. The van der Waals surface area contributed by atoms with Crippen LogP contribution < -0.4 is 14.8 Å². The molecule has 0 spiro atoms. The number of carbonyl (C=O) groups is 3. The van der Waals surface area contributed by atoms with Crippen molar-refractivity contribution < 1.29 is 23.9 Å². The Bertz CT molecular complexity index is 1020. The first-order valence-electron chi connectivity index (χ1n) is 10.3. The highest BCUT2D eigenvalue weighted by atomic mass is 16.5. The molecule has 0 saturated heterocycles. The first-order valence-corrected chi connectivity index (χ1v) is 10.3. The Balaban J connectivity index is 1.80. The second-order valence-corrected chi connectivity index (χ2v) is 7.08. The van der Waals surface area contributed by atoms with E-state index in [1.807, 2.05) is 13.8 Å². The fourth-order valence-electron chi connectivity index (χ4n) is 3.17. The third kappa shape index (κ3) is 4.77. The molecule has 0 unspecified atom stereocenters. The van der Waals surface area contributed by atoms with Crippen molar-refractivity contribution in [1.82, 2.24) is 4.90 Å². The zero-order chi connectivity index (χ0) is 22.4. The SMILES string of the molecule is C=CCN1C(=O)c2ccc(C(=O)Nc3ccc(OCCC)c(OCCC)c3)cc2C1=O. The molecular weight excluding hydrogens is 396 g/mol. The van der Waals surface area contributed by atoms with E-state index in [1.54, 1.807) is 18.2 Å². The molecule has 3 amide bonds. The van der Waals surface area contributed by atoms with Crippen molar-refractivity contribution in [1.29, 1.82) is 0 Å². The van der Waals surface area contributed by atoms with Crippen molar-refractivity contribution >= 4 is 23.4 Å². The number of nitrogens with one attached hydrogen (secondary N) is 1. The quantitative estimate of drug-likeness (QED) is 0.456. The Morgan fingerprint density at radius 1 is 0.968 bits per heavy atom. The zero-order valence-corrected chi connectivity index (χ0v) is 17.8. The van der Waals surface area contributed by atoms with Crippen LogP contribution in [-0.4, -0.2) is 42.4 Å². The summed E-state index contributed by atoms with van der Waals surface area (Å²) in [6.45, 7) is 8.82. The molecule has 1 heterocycles. The number of amides is 3. The Kier molecular flexibility index (Phi) is 7.07. The Morgan fingerprint density at radius 2 is 1.65 bits per heavy atom. The summed E-state index contributed by atoms with van der Waals surface area (Å²) in [5, 5.41) is 2.81. The Morgan fingerprint density at radius 3 is 2.32 bits per heavy atom. The van der Waals surface area contributed by atoms with Gasteiger partial charge in [-0.25, -0.2) is 0 Å². The van der Waals surface area contributed by atoms with Crippen molar-refractivity contribution in [3.8, 4) is 11.5 Å². The first kappa shape index (κ1) is 22.1. The lowest BCUT2D eigenvalue weighted by molar-refractivity contribution is 0.0672. The number of fused-ring (bicyclic) bond motifs is 1. The highest BCUT2D eigenvalue weighted by Gasteiger charge is 2.35. The average molecular weight is 422 g/mol. The predicted octanol–water partition coefficient (Wildman–Crippen LogP) is 4.30. The van der Waals surface area contributed by atoms with Crippen molar-refractivity contribution in [2.24, 2.45) is 0 Å². The summed E-state index contributed by atoms with van der Waals surface area (Å²) in [5.41, 5.74) is 1.32. The number of benzene rings is 2. The van der Waals surface area contributed by atoms with E-state index in [9.17, 15) is 14.4 Å². The van der Waals surface area contributed by atoms with Crippen molar-refractivity contribution in [3.05, 3.63) is 65.7 Å². The molecule has 0 atom stereocenters. The van der Waals surface area contributed by atoms with Gasteiger partial charge in [-0.2, -0.15) is 0 Å². The topological polar surface area (TPSA) is 84.9 Å². The molecule has 0 fully saturated rings. The monoisotopic (exact) mass is 422 g/mol. The smallest absolute Gasteiger partial charge is 0.261 e. The maximum Gasteiger partial charge on any atom is 0.261 e. The predicted molar refractivity (Wildman–Crippen MR) is 118 cm³/mol. The van der Waals surface area contributed by atoms with Crippen LogP contribution in [0.3, 0.4) is 0 Å². The molecule has 0 aromatic heterocycles. The number of imide groups is 1. The van der Waals surface area contributed by atoms with Crippen LogP contribution in [0.1, 0.15) is 57.8 Å². The molecule has 0 bridgehead atoms. The van der Waals surface area contributed by atoms with Gasteiger partial charge in [-0.15, -0.1) is 6.58 Å². The van der Waals surface area contributed by atoms with E-state index in [-0.39, 0.29) is 29.1 Å². The van der Waals surface area contributed by atoms with Crippen LogP contribution in [0.4, 0.5) is 5.69 Å². The van der Waals surface area contributed by atoms with Crippen molar-refractivity contribution in [2.45, 2.75) is 26.7 Å². The lowest BCUT2D eigenvalue weighted by Crippen LogP contribution is -2.29. The van der Waals surface area contributed by atoms with Gasteiger partial charge in [-0.3, -0.25) is 19.3 Å². The summed E-state index contributed by atoms with van der Waals surface area (Å²) in [6.07, 6.45) is 3.20. The minimum Gasteiger partial charge on any atom is -0.490 e. The minimum atomic E-state index is -0.428. The molecule has 0 saturated carbocycles. The van der Waals surface area contributed by atoms with Gasteiger partial charge in [-0.1, -0.05) is 19.9 Å². The maximum absolute atomic E-state index is 12.8. The number of anilines is 1. The molecule has 2 aromatic carbocycles. The molecule has 0 radical (unpaired) electrons. The molecular formula is C24H26N2O5. The van der Waals surface area contributed by atoms with Crippen LogP contribution in [0, 0.1) is 0 Å². The van der Waals surface area contributed by atoms with Gasteiger partial charge in [0.05, 0.1) is 24.3 Å². The second-order valence-electron chi connectivity index (χ2n) is 7.08. The summed E-state index contributed by atoms with van der Waals surface area (Å²) in [5.74, 6) is -0.0245. The molecule has 1 aliphatic heterocycles. The molecule has 31 heavy (non-hydrogen) atoms. The normalized spacial score (nSPS) is 12.5. The van der Waals surface area contributed by atoms with Crippen LogP contribution >= 0.6 is 0 Å². The molecule has 1 N–H and O–H groups in total. The second kappa shape index (κ2) is 9.93. The average Bonchev–Trinajstić information content (AvgIpc) is 3.01. The van der Waals surface area contributed by atoms with Gasteiger partial charge in [0.25, 0.3) is 17.7 Å². The summed E-state index contributed by atoms with van der Waals surface area (Å²) in [4.78, 5) is 38.7. The number of carbonyl (C=O) groups excluding carboxylic acids is 3. The summed E-state index contributed by atoms with van der Waals surface area (Å²) < 4.78 is 11.5. The summed E-state index contributed by atoms with van der Waals surface area (Å²) in [7, 11) is 0. The van der Waals surface area contributed by atoms with E-state index < -0.39 is 11.8 Å². The molecule has 7 nitrogen and oxygen atoms in total. The largest absolute Gasteiger partial charge is 0.490 e. The molecule has 3 rings (SSSR count). The van der Waals surface area contributed by atoms with E-state index in [1.165, 1.54) is 24.3 Å². The highest BCUT2D eigenvalue weighted by molar-refractivity contribution is 6.22. The standard InChI is InChI=1S/C24H26N2O5/c1-4-11-26-23(28)18-9-7-16(14-19(18)24(26)29)22(27)25-17-8-10-20(30-12-5-2)21(15-17)31-13-6-3/h4,7-10,14-15H,1,5-6,11-13H2,2-3H3,(H,25,27). The molecule has 1 aliphatic rings. The fourth-order valence-corrected chi connectivity index (χ4v) is 3.17. The molecule has 0 aliphatic carbocycles. The number of hydrogen-bond donors (Lipinski definition) is 1. The number of hydrogen-bond acceptors (Lipinski definition) is 5. The van der Waals surface area contributed by atoms with E-state index in [4.69, 9.17) is 9.47 Å². The third-order valence-electron chi connectivity index (χ3n) is 4.67. The van der Waals surface area contributed by atoms with Gasteiger partial charge in [0.15, 0.2) is 11.5 Å². The van der Waals surface area contributed by atoms with Crippen LogP contribution in [0.5, 0.6) is 11.5 Å². The van der Waals surface area contributed by atoms with Crippen LogP contribution in [0.15, 0.2) is 49.1 Å². The summed E-state index contributed by atoms with van der Waals surface area (Å²) >= 11 is 0. The Labute approximate surface area is 181 Å².